The summed E-state index contributed by atoms with van der Waals surface area (Å²) in [5, 5.41) is 28.4. The maximum absolute atomic E-state index is 13.9. The summed E-state index contributed by atoms with van der Waals surface area (Å²) in [6, 6.07) is 10.7. The van der Waals surface area contributed by atoms with Gasteiger partial charge in [-0.2, -0.15) is 4.80 Å². The second-order valence-corrected chi connectivity index (χ2v) is 13.0. The Morgan fingerprint density at radius 3 is 2.70 bits per heavy atom. The summed E-state index contributed by atoms with van der Waals surface area (Å²) in [4.78, 5) is 39.8. The summed E-state index contributed by atoms with van der Waals surface area (Å²) in [7, 11) is 1.62. The smallest absolute Gasteiger partial charge is 0.267 e. The van der Waals surface area contributed by atoms with Crippen molar-refractivity contribution in [1.29, 1.82) is 0 Å². The predicted octanol–water partition coefficient (Wildman–Crippen LogP) is 3.88. The lowest BCUT2D eigenvalue weighted by atomic mass is 9.93. The number of fused-ring (bicyclic) bond motifs is 1. The molecule has 238 valence electrons. The van der Waals surface area contributed by atoms with Crippen molar-refractivity contribution < 1.29 is 14.6 Å². The summed E-state index contributed by atoms with van der Waals surface area (Å²) >= 11 is 1.36. The number of aliphatic hydroxyl groups is 1. The number of hydrogen-bond acceptors (Lipinski definition) is 11. The Labute approximate surface area is 269 Å². The largest absolute Gasteiger partial charge is 0.497 e. The monoisotopic (exact) mass is 641 g/mol. The van der Waals surface area contributed by atoms with E-state index >= 15 is 0 Å². The molecule has 0 unspecified atom stereocenters. The number of thiazole rings is 1. The van der Waals surface area contributed by atoms with Gasteiger partial charge in [0.15, 0.2) is 11.0 Å². The molecule has 13 nitrogen and oxygen atoms in total. The Morgan fingerprint density at radius 1 is 1.17 bits per heavy atom. The number of rotatable bonds is 8. The molecule has 6 rings (SSSR count). The number of nitrogens with one attached hydrogen (secondary N) is 1. The maximum Gasteiger partial charge on any atom is 0.267 e. The number of piperidine rings is 1. The van der Waals surface area contributed by atoms with E-state index < -0.39 is 6.10 Å². The van der Waals surface area contributed by atoms with Crippen LogP contribution in [0.5, 0.6) is 5.75 Å². The van der Waals surface area contributed by atoms with Crippen LogP contribution in [-0.2, 0) is 12.0 Å². The first-order valence-corrected chi connectivity index (χ1v) is 15.8. The molecule has 1 aliphatic heterocycles. The highest BCUT2D eigenvalue weighted by Gasteiger charge is 2.24. The van der Waals surface area contributed by atoms with Crippen molar-refractivity contribution in [1.82, 2.24) is 34.6 Å². The number of tetrazole rings is 1. The Balaban J connectivity index is 1.29. The van der Waals surface area contributed by atoms with E-state index in [1.54, 1.807) is 31.4 Å². The number of aliphatic hydroxyl groups excluding tert-OH is 1. The van der Waals surface area contributed by atoms with E-state index in [0.29, 0.717) is 59.6 Å². The van der Waals surface area contributed by atoms with Crippen LogP contribution in [0.15, 0.2) is 52.8 Å². The van der Waals surface area contributed by atoms with Gasteiger partial charge in [0.25, 0.3) is 11.5 Å². The third-order valence-corrected chi connectivity index (χ3v) is 8.40. The first-order chi connectivity index (χ1) is 22.1. The molecule has 5 heterocycles. The van der Waals surface area contributed by atoms with Crippen molar-refractivity contribution in [3.63, 3.8) is 0 Å². The predicted molar refractivity (Wildman–Crippen MR) is 177 cm³/mol. The van der Waals surface area contributed by atoms with Gasteiger partial charge in [0, 0.05) is 35.6 Å². The molecule has 14 heteroatoms. The molecule has 1 fully saturated rings. The Hall–Kier alpha value is -4.95. The van der Waals surface area contributed by atoms with Gasteiger partial charge in [0.2, 0.25) is 0 Å². The highest BCUT2D eigenvalue weighted by atomic mass is 32.1. The van der Waals surface area contributed by atoms with Crippen LogP contribution in [0, 0.1) is 0 Å². The molecule has 1 saturated heterocycles. The van der Waals surface area contributed by atoms with Crippen molar-refractivity contribution in [2.24, 2.45) is 0 Å². The lowest BCUT2D eigenvalue weighted by Crippen LogP contribution is -2.40. The number of β-amino-alcohol motifs (C(OH)–C–C–N with tert-alkyl or cyclic N) is 1. The lowest BCUT2D eigenvalue weighted by molar-refractivity contribution is 0.102. The zero-order valence-electron chi connectivity index (χ0n) is 26.0. The number of benzene rings is 1. The standard InChI is InChI=1S/C32H35N9O4S/c1-32(2,3)25-19-46-31(33-25)35-29(43)21-13-15-40-27(16-21)34-28(39-14-5-6-22(42)18-39)24(30(40)44)11-12-26-36-38-41(37-26)17-20-7-9-23(45-4)10-8-20/h7-13,15-16,19,22,42H,5-6,14,17-18H2,1-4H3,(H,33,35,43)/b12-11+/t22-/m0/s1. The maximum atomic E-state index is 13.9. The second kappa shape index (κ2) is 12.8. The molecule has 0 saturated carbocycles. The quantitative estimate of drug-likeness (QED) is 0.255. The molecule has 0 aliphatic carbocycles. The first-order valence-electron chi connectivity index (χ1n) is 14.9. The van der Waals surface area contributed by atoms with E-state index in [-0.39, 0.29) is 16.9 Å². The highest BCUT2D eigenvalue weighted by molar-refractivity contribution is 7.14. The first kappa shape index (κ1) is 31.0. The molecular formula is C32H35N9O4S. The number of pyridine rings is 1. The van der Waals surface area contributed by atoms with Crippen LogP contribution in [0.2, 0.25) is 0 Å². The summed E-state index contributed by atoms with van der Waals surface area (Å²) in [5.41, 5.74) is 2.36. The van der Waals surface area contributed by atoms with Crippen molar-refractivity contribution in [2.75, 3.05) is 30.4 Å². The summed E-state index contributed by atoms with van der Waals surface area (Å²) in [5.74, 6) is 1.15. The molecule has 0 radical (unpaired) electrons. The minimum atomic E-state index is -0.543. The van der Waals surface area contributed by atoms with Gasteiger partial charge >= 0.3 is 0 Å². The molecule has 0 spiro atoms. The van der Waals surface area contributed by atoms with Crippen LogP contribution in [0.1, 0.15) is 66.6 Å². The molecule has 4 aromatic heterocycles. The molecule has 1 amide bonds. The van der Waals surface area contributed by atoms with Crippen molar-refractivity contribution in [2.45, 2.75) is 51.7 Å². The Kier molecular flexibility index (Phi) is 8.65. The second-order valence-electron chi connectivity index (χ2n) is 12.1. The van der Waals surface area contributed by atoms with Gasteiger partial charge in [-0.1, -0.05) is 32.9 Å². The third kappa shape index (κ3) is 6.82. The topological polar surface area (TPSA) is 153 Å². The fourth-order valence-electron chi connectivity index (χ4n) is 5.10. The van der Waals surface area contributed by atoms with E-state index in [1.165, 1.54) is 26.7 Å². The summed E-state index contributed by atoms with van der Waals surface area (Å²) < 4.78 is 6.61. The van der Waals surface area contributed by atoms with Gasteiger partial charge in [-0.05, 0) is 60.0 Å². The minimum Gasteiger partial charge on any atom is -0.497 e. The van der Waals surface area contributed by atoms with E-state index in [0.717, 1.165) is 23.4 Å². The fraction of sp³-hybridized carbons (Fsp3) is 0.344. The molecule has 5 aromatic rings. The zero-order chi connectivity index (χ0) is 32.4. The van der Waals surface area contributed by atoms with Gasteiger partial charge < -0.3 is 14.7 Å². The average Bonchev–Trinajstić information content (AvgIpc) is 3.70. The summed E-state index contributed by atoms with van der Waals surface area (Å²) in [6.07, 6.45) is 5.67. The van der Waals surface area contributed by atoms with Crippen LogP contribution in [0.4, 0.5) is 10.9 Å². The molecular weight excluding hydrogens is 606 g/mol. The van der Waals surface area contributed by atoms with E-state index in [9.17, 15) is 14.7 Å². The molecule has 2 N–H and O–H groups in total. The number of anilines is 2. The number of aromatic nitrogens is 7. The minimum absolute atomic E-state index is 0.137. The van der Waals surface area contributed by atoms with Crippen LogP contribution < -0.4 is 20.5 Å². The number of carbonyl (C=O) groups excluding carboxylic acids is 1. The number of ether oxygens (including phenoxy) is 1. The summed E-state index contributed by atoms with van der Waals surface area (Å²) in [6.45, 7) is 7.56. The molecule has 0 bridgehead atoms. The van der Waals surface area contributed by atoms with Crippen LogP contribution in [0.25, 0.3) is 17.8 Å². The third-order valence-electron chi connectivity index (χ3n) is 7.65. The van der Waals surface area contributed by atoms with Crippen LogP contribution in [0.3, 0.4) is 0 Å². The van der Waals surface area contributed by atoms with Crippen molar-refractivity contribution >= 4 is 46.0 Å². The van der Waals surface area contributed by atoms with Gasteiger partial charge in [-0.15, -0.1) is 21.5 Å². The molecule has 46 heavy (non-hydrogen) atoms. The number of nitrogens with zero attached hydrogens (tertiary/aromatic N) is 8. The van der Waals surface area contributed by atoms with Crippen LogP contribution >= 0.6 is 11.3 Å². The lowest BCUT2D eigenvalue weighted by Gasteiger charge is -2.32. The van der Waals surface area contributed by atoms with Crippen LogP contribution in [-0.4, -0.2) is 71.9 Å². The SMILES string of the molecule is COc1ccc(Cn2nnc(/C=C/c3c(N4CCC[C@H](O)C4)nc4cc(C(=O)Nc5nc(C(C)(C)C)cs5)ccn4c3=O)n2)cc1. The van der Waals surface area contributed by atoms with Gasteiger partial charge in [-0.3, -0.25) is 19.3 Å². The van der Waals surface area contributed by atoms with Gasteiger partial charge in [-0.25, -0.2) is 9.97 Å². The van der Waals surface area contributed by atoms with Gasteiger partial charge in [0.1, 0.15) is 17.2 Å². The molecule has 1 atom stereocenters. The Bertz CT molecular complexity index is 1960. The van der Waals surface area contributed by atoms with E-state index in [1.807, 2.05) is 34.5 Å². The highest BCUT2D eigenvalue weighted by Crippen LogP contribution is 2.27. The number of hydrogen-bond donors (Lipinski definition) is 2. The van der Waals surface area contributed by atoms with Crippen molar-refractivity contribution in [3.8, 4) is 5.75 Å². The van der Waals surface area contributed by atoms with E-state index in [2.05, 4.69) is 46.5 Å². The molecule has 1 aliphatic rings. The normalized spacial score (nSPS) is 15.5. The Morgan fingerprint density at radius 2 is 1.98 bits per heavy atom. The fourth-order valence-corrected chi connectivity index (χ4v) is 6.03. The average molecular weight is 642 g/mol. The zero-order valence-corrected chi connectivity index (χ0v) is 26.9. The van der Waals surface area contributed by atoms with Crippen molar-refractivity contribution in [3.05, 3.63) is 86.5 Å². The number of amides is 1. The number of carbonyl (C=O) groups is 1. The van der Waals surface area contributed by atoms with E-state index in [4.69, 9.17) is 9.72 Å². The molecule has 1 aromatic carbocycles. The van der Waals surface area contributed by atoms with Gasteiger partial charge in [0.05, 0.1) is 31.0 Å². The number of methoxy groups -OCH3 is 1.